The molecule has 96 valence electrons. The summed E-state index contributed by atoms with van der Waals surface area (Å²) in [5.74, 6) is 0.0263. The van der Waals surface area contributed by atoms with Gasteiger partial charge in [0.25, 0.3) is 0 Å². The largest absolute Gasteiger partial charge is 0.370 e. The molecule has 6 heteroatoms. The number of ether oxygens (including phenoxy) is 1. The van der Waals surface area contributed by atoms with Gasteiger partial charge < -0.3 is 15.4 Å². The second-order valence-corrected chi connectivity index (χ2v) is 3.97. The van der Waals surface area contributed by atoms with Crippen LogP contribution in [0.25, 0.3) is 0 Å². The maximum absolute atomic E-state index is 11.7. The standard InChI is InChI=1S/C11H20N4O2/c12-2-1-4-14-5-7-15(8-6-14)11(16)10-17-9-3-13/h1,3-10,13H2. The smallest absolute Gasteiger partial charge is 0.248 e. The second kappa shape index (κ2) is 8.01. The molecule has 0 atom stereocenters. The van der Waals surface area contributed by atoms with Gasteiger partial charge in [-0.05, 0) is 0 Å². The minimum Gasteiger partial charge on any atom is -0.370 e. The summed E-state index contributed by atoms with van der Waals surface area (Å²) in [5.41, 5.74) is 5.27. The SMILES string of the molecule is N#CCCN1CCN(C(=O)COCCN)CC1. The summed E-state index contributed by atoms with van der Waals surface area (Å²) in [6, 6.07) is 2.13. The number of hydrogen-bond donors (Lipinski definition) is 1. The van der Waals surface area contributed by atoms with Crippen LogP contribution in [0.5, 0.6) is 0 Å². The molecule has 1 heterocycles. The van der Waals surface area contributed by atoms with Crippen LogP contribution >= 0.6 is 0 Å². The average Bonchev–Trinajstić information content (AvgIpc) is 2.37. The van der Waals surface area contributed by atoms with Crippen LogP contribution in [0, 0.1) is 11.3 Å². The van der Waals surface area contributed by atoms with E-state index in [2.05, 4.69) is 11.0 Å². The molecule has 0 unspecified atom stereocenters. The summed E-state index contributed by atoms with van der Waals surface area (Å²) in [7, 11) is 0. The van der Waals surface area contributed by atoms with Crippen LogP contribution in [0.2, 0.25) is 0 Å². The van der Waals surface area contributed by atoms with Crippen LogP contribution in [0.4, 0.5) is 0 Å². The number of rotatable bonds is 6. The first-order valence-electron chi connectivity index (χ1n) is 5.93. The number of nitrogens with zero attached hydrogens (tertiary/aromatic N) is 3. The molecule has 2 N–H and O–H groups in total. The Morgan fingerprint density at radius 2 is 2.06 bits per heavy atom. The fourth-order valence-electron chi connectivity index (χ4n) is 1.76. The molecule has 0 aromatic heterocycles. The lowest BCUT2D eigenvalue weighted by molar-refractivity contribution is -0.137. The van der Waals surface area contributed by atoms with Crippen LogP contribution in [-0.2, 0) is 9.53 Å². The van der Waals surface area contributed by atoms with Crippen molar-refractivity contribution in [3.63, 3.8) is 0 Å². The monoisotopic (exact) mass is 240 g/mol. The minimum atomic E-state index is 0.0263. The predicted octanol–water partition coefficient (Wildman–Crippen LogP) is -0.980. The minimum absolute atomic E-state index is 0.0263. The summed E-state index contributed by atoms with van der Waals surface area (Å²) < 4.78 is 5.12. The van der Waals surface area contributed by atoms with E-state index < -0.39 is 0 Å². The van der Waals surface area contributed by atoms with Crippen LogP contribution in [0.15, 0.2) is 0 Å². The van der Waals surface area contributed by atoms with E-state index >= 15 is 0 Å². The molecule has 1 rings (SSSR count). The maximum Gasteiger partial charge on any atom is 0.248 e. The van der Waals surface area contributed by atoms with E-state index in [9.17, 15) is 4.79 Å². The van der Waals surface area contributed by atoms with Gasteiger partial charge in [-0.25, -0.2) is 0 Å². The third kappa shape index (κ3) is 5.13. The third-order valence-electron chi connectivity index (χ3n) is 2.75. The normalized spacial score (nSPS) is 16.8. The lowest BCUT2D eigenvalue weighted by Gasteiger charge is -2.34. The topological polar surface area (TPSA) is 82.6 Å². The Balaban J connectivity index is 2.17. The van der Waals surface area contributed by atoms with Crippen LogP contribution in [-0.4, -0.2) is 68.2 Å². The fourth-order valence-corrected chi connectivity index (χ4v) is 1.76. The number of piperazine rings is 1. The number of carbonyl (C=O) groups is 1. The van der Waals surface area contributed by atoms with Crippen LogP contribution in [0.1, 0.15) is 6.42 Å². The van der Waals surface area contributed by atoms with Crippen molar-refractivity contribution in [3.8, 4) is 6.07 Å². The molecule has 0 aromatic carbocycles. The predicted molar refractivity (Wildman–Crippen MR) is 63.1 cm³/mol. The zero-order valence-electron chi connectivity index (χ0n) is 10.1. The zero-order valence-corrected chi connectivity index (χ0v) is 10.1. The van der Waals surface area contributed by atoms with E-state index in [1.54, 1.807) is 4.90 Å². The Morgan fingerprint density at radius 3 is 2.65 bits per heavy atom. The molecule has 0 spiro atoms. The number of amides is 1. The Bertz CT molecular complexity index is 269. The number of nitrogens with two attached hydrogens (primary N) is 1. The van der Waals surface area contributed by atoms with Crippen molar-refractivity contribution in [1.29, 1.82) is 5.26 Å². The highest BCUT2D eigenvalue weighted by atomic mass is 16.5. The van der Waals surface area contributed by atoms with E-state index in [1.165, 1.54) is 0 Å². The molecule has 1 fully saturated rings. The average molecular weight is 240 g/mol. The van der Waals surface area contributed by atoms with E-state index in [0.717, 1.165) is 32.7 Å². The number of hydrogen-bond acceptors (Lipinski definition) is 5. The summed E-state index contributed by atoms with van der Waals surface area (Å²) in [6.07, 6.45) is 0.549. The second-order valence-electron chi connectivity index (χ2n) is 3.97. The van der Waals surface area contributed by atoms with Crippen LogP contribution < -0.4 is 5.73 Å². The van der Waals surface area contributed by atoms with Gasteiger partial charge in [0.1, 0.15) is 6.61 Å². The molecule has 1 aliphatic heterocycles. The molecule has 1 saturated heterocycles. The maximum atomic E-state index is 11.7. The molecule has 1 aliphatic rings. The van der Waals surface area contributed by atoms with Gasteiger partial charge in [-0.3, -0.25) is 9.69 Å². The molecule has 6 nitrogen and oxygen atoms in total. The van der Waals surface area contributed by atoms with Gasteiger partial charge >= 0.3 is 0 Å². The summed E-state index contributed by atoms with van der Waals surface area (Å²) in [6.45, 7) is 4.89. The highest BCUT2D eigenvalue weighted by molar-refractivity contribution is 5.77. The molecule has 1 amide bonds. The van der Waals surface area contributed by atoms with Crippen molar-refractivity contribution in [2.24, 2.45) is 5.73 Å². The lowest BCUT2D eigenvalue weighted by Crippen LogP contribution is -2.49. The van der Waals surface area contributed by atoms with Gasteiger partial charge in [0.05, 0.1) is 12.7 Å². The van der Waals surface area contributed by atoms with Crippen molar-refractivity contribution >= 4 is 5.91 Å². The van der Waals surface area contributed by atoms with Crippen molar-refractivity contribution in [1.82, 2.24) is 9.80 Å². The highest BCUT2D eigenvalue weighted by Gasteiger charge is 2.20. The first kappa shape index (κ1) is 13.9. The van der Waals surface area contributed by atoms with E-state index in [0.29, 0.717) is 19.6 Å². The fraction of sp³-hybridized carbons (Fsp3) is 0.818. The summed E-state index contributed by atoms with van der Waals surface area (Å²) in [4.78, 5) is 15.7. The molecule has 0 aliphatic carbocycles. The van der Waals surface area contributed by atoms with Crippen molar-refractivity contribution < 1.29 is 9.53 Å². The van der Waals surface area contributed by atoms with Gasteiger partial charge in [-0.1, -0.05) is 0 Å². The molecule has 0 aromatic rings. The highest BCUT2D eigenvalue weighted by Crippen LogP contribution is 2.02. The molecular weight excluding hydrogens is 220 g/mol. The first-order chi connectivity index (χ1) is 8.27. The Labute approximate surface area is 102 Å². The van der Waals surface area contributed by atoms with E-state index in [-0.39, 0.29) is 12.5 Å². The summed E-state index contributed by atoms with van der Waals surface area (Å²) in [5, 5.41) is 8.49. The molecule has 0 radical (unpaired) electrons. The number of carbonyl (C=O) groups excluding carboxylic acids is 1. The van der Waals surface area contributed by atoms with Crippen molar-refractivity contribution in [2.75, 3.05) is 52.5 Å². The van der Waals surface area contributed by atoms with Crippen molar-refractivity contribution in [2.45, 2.75) is 6.42 Å². The van der Waals surface area contributed by atoms with Crippen LogP contribution in [0.3, 0.4) is 0 Å². The van der Waals surface area contributed by atoms with Gasteiger partial charge in [0.15, 0.2) is 0 Å². The van der Waals surface area contributed by atoms with Gasteiger partial charge in [0, 0.05) is 45.7 Å². The van der Waals surface area contributed by atoms with Gasteiger partial charge in [-0.15, -0.1) is 0 Å². The van der Waals surface area contributed by atoms with E-state index in [4.69, 9.17) is 15.7 Å². The lowest BCUT2D eigenvalue weighted by atomic mass is 10.3. The Hall–Kier alpha value is -1.16. The molecule has 17 heavy (non-hydrogen) atoms. The Morgan fingerprint density at radius 1 is 1.35 bits per heavy atom. The Kier molecular flexibility index (Phi) is 6.55. The van der Waals surface area contributed by atoms with Crippen molar-refractivity contribution in [3.05, 3.63) is 0 Å². The zero-order chi connectivity index (χ0) is 12.5. The molecular formula is C11H20N4O2. The van der Waals surface area contributed by atoms with Gasteiger partial charge in [0.2, 0.25) is 5.91 Å². The third-order valence-corrected chi connectivity index (χ3v) is 2.75. The number of nitriles is 1. The van der Waals surface area contributed by atoms with E-state index in [1.807, 2.05) is 0 Å². The quantitative estimate of drug-likeness (QED) is 0.603. The molecule has 0 bridgehead atoms. The molecule has 0 saturated carbocycles. The van der Waals surface area contributed by atoms with Gasteiger partial charge in [-0.2, -0.15) is 5.26 Å². The summed E-state index contributed by atoms with van der Waals surface area (Å²) >= 11 is 0. The first-order valence-corrected chi connectivity index (χ1v) is 5.93.